The summed E-state index contributed by atoms with van der Waals surface area (Å²) in [4.78, 5) is 2.46. The predicted octanol–water partition coefficient (Wildman–Crippen LogP) is 1.13. The molecule has 2 fully saturated rings. The largest absolute Gasteiger partial charge is 0.377 e. The van der Waals surface area contributed by atoms with Crippen molar-refractivity contribution in [2.75, 3.05) is 25.6 Å². The minimum absolute atomic E-state index is 0.403. The number of hydrogen-bond acceptors (Lipinski definition) is 3. The molecule has 0 saturated carbocycles. The third kappa shape index (κ3) is 1.19. The van der Waals surface area contributed by atoms with Crippen molar-refractivity contribution in [3.8, 4) is 0 Å². The Hall–Kier alpha value is 0.270. The van der Waals surface area contributed by atoms with E-state index in [0.29, 0.717) is 5.54 Å². The quantitative estimate of drug-likeness (QED) is 0.597. The summed E-state index contributed by atoms with van der Waals surface area (Å²) in [6.45, 7) is 3.09. The van der Waals surface area contributed by atoms with Crippen molar-refractivity contribution >= 4 is 12.6 Å². The zero-order chi connectivity index (χ0) is 7.73. The molecule has 0 aromatic carbocycles. The summed E-state index contributed by atoms with van der Waals surface area (Å²) in [7, 11) is 0. The fourth-order valence-electron chi connectivity index (χ4n) is 2.04. The van der Waals surface area contributed by atoms with E-state index in [-0.39, 0.29) is 0 Å². The monoisotopic (exact) mass is 173 g/mol. The van der Waals surface area contributed by atoms with Crippen molar-refractivity contribution in [1.29, 1.82) is 0 Å². The van der Waals surface area contributed by atoms with Gasteiger partial charge in [0.2, 0.25) is 0 Å². The summed E-state index contributed by atoms with van der Waals surface area (Å²) in [5, 5.41) is 0. The summed E-state index contributed by atoms with van der Waals surface area (Å²) in [5.41, 5.74) is 0.403. The van der Waals surface area contributed by atoms with Crippen LogP contribution in [-0.4, -0.2) is 36.1 Å². The molecule has 11 heavy (non-hydrogen) atoms. The average molecular weight is 173 g/mol. The number of likely N-dealkylation sites (tertiary alicyclic amines) is 1. The fraction of sp³-hybridized carbons (Fsp3) is 1.00. The molecule has 0 aromatic rings. The second-order valence-electron chi connectivity index (χ2n) is 3.58. The normalized spacial score (nSPS) is 30.3. The first-order valence-electron chi connectivity index (χ1n) is 4.31. The summed E-state index contributed by atoms with van der Waals surface area (Å²) in [6.07, 6.45) is 4.02. The van der Waals surface area contributed by atoms with Gasteiger partial charge in [0.15, 0.2) is 0 Å². The van der Waals surface area contributed by atoms with Gasteiger partial charge >= 0.3 is 0 Å². The predicted molar refractivity (Wildman–Crippen MR) is 48.0 cm³/mol. The Morgan fingerprint density at radius 1 is 1.36 bits per heavy atom. The Labute approximate surface area is 73.3 Å². The van der Waals surface area contributed by atoms with Gasteiger partial charge in [-0.25, -0.2) is 0 Å². The summed E-state index contributed by atoms with van der Waals surface area (Å²) >= 11 is 4.34. The molecular weight excluding hydrogens is 158 g/mol. The Morgan fingerprint density at radius 3 is 2.64 bits per heavy atom. The standard InChI is InChI=1S/C8H15NOS/c11-7-9-4-2-1-3-8(9)5-10-6-8/h11H,1-7H2. The molecule has 3 heteroatoms. The van der Waals surface area contributed by atoms with Crippen molar-refractivity contribution in [2.24, 2.45) is 0 Å². The molecule has 0 bridgehead atoms. The van der Waals surface area contributed by atoms with E-state index in [9.17, 15) is 0 Å². The first-order chi connectivity index (χ1) is 5.37. The molecule has 1 spiro atoms. The van der Waals surface area contributed by atoms with Crippen molar-refractivity contribution in [3.63, 3.8) is 0 Å². The molecule has 0 aliphatic carbocycles. The van der Waals surface area contributed by atoms with Gasteiger partial charge < -0.3 is 4.74 Å². The zero-order valence-corrected chi connectivity index (χ0v) is 7.65. The molecule has 64 valence electrons. The lowest BCUT2D eigenvalue weighted by Crippen LogP contribution is -2.63. The van der Waals surface area contributed by atoms with E-state index in [1.807, 2.05) is 0 Å². The van der Waals surface area contributed by atoms with Crippen molar-refractivity contribution < 1.29 is 4.74 Å². The Bertz CT molecular complexity index is 147. The van der Waals surface area contributed by atoms with Crippen LogP contribution in [0.25, 0.3) is 0 Å². The number of nitrogens with zero attached hydrogens (tertiary/aromatic N) is 1. The Balaban J connectivity index is 2.02. The molecule has 2 saturated heterocycles. The molecule has 2 aliphatic heterocycles. The second kappa shape index (κ2) is 2.96. The number of rotatable bonds is 1. The van der Waals surface area contributed by atoms with Gasteiger partial charge in [0.05, 0.1) is 18.8 Å². The highest BCUT2D eigenvalue weighted by Crippen LogP contribution is 2.34. The van der Waals surface area contributed by atoms with Crippen LogP contribution >= 0.6 is 12.6 Å². The van der Waals surface area contributed by atoms with Crippen LogP contribution in [0.1, 0.15) is 19.3 Å². The van der Waals surface area contributed by atoms with Gasteiger partial charge in [-0.05, 0) is 19.4 Å². The molecule has 0 amide bonds. The molecule has 0 aromatic heterocycles. The van der Waals surface area contributed by atoms with Gasteiger partial charge in [-0.15, -0.1) is 0 Å². The average Bonchev–Trinajstić information content (AvgIpc) is 2.01. The van der Waals surface area contributed by atoms with Crippen LogP contribution in [-0.2, 0) is 4.74 Å². The van der Waals surface area contributed by atoms with Crippen molar-refractivity contribution in [2.45, 2.75) is 24.8 Å². The van der Waals surface area contributed by atoms with Gasteiger partial charge in [0.1, 0.15) is 0 Å². The minimum Gasteiger partial charge on any atom is -0.377 e. The second-order valence-corrected chi connectivity index (χ2v) is 3.86. The lowest BCUT2D eigenvalue weighted by molar-refractivity contribution is -0.149. The smallest absolute Gasteiger partial charge is 0.0685 e. The van der Waals surface area contributed by atoms with E-state index in [0.717, 1.165) is 19.1 Å². The fourth-order valence-corrected chi connectivity index (χ4v) is 2.48. The van der Waals surface area contributed by atoms with Crippen LogP contribution < -0.4 is 0 Å². The molecule has 0 radical (unpaired) electrons. The zero-order valence-electron chi connectivity index (χ0n) is 6.75. The molecule has 0 atom stereocenters. The van der Waals surface area contributed by atoms with Crippen LogP contribution in [0.5, 0.6) is 0 Å². The minimum atomic E-state index is 0.403. The van der Waals surface area contributed by atoms with Gasteiger partial charge in [0, 0.05) is 5.88 Å². The highest BCUT2D eigenvalue weighted by atomic mass is 32.1. The van der Waals surface area contributed by atoms with Gasteiger partial charge in [-0.3, -0.25) is 4.90 Å². The third-order valence-electron chi connectivity index (χ3n) is 2.90. The van der Waals surface area contributed by atoms with E-state index in [1.54, 1.807) is 0 Å². The number of ether oxygens (including phenoxy) is 1. The topological polar surface area (TPSA) is 12.5 Å². The van der Waals surface area contributed by atoms with Crippen LogP contribution in [0.15, 0.2) is 0 Å². The summed E-state index contributed by atoms with van der Waals surface area (Å²) in [5.74, 6) is 0.892. The number of hydrogen-bond donors (Lipinski definition) is 1. The van der Waals surface area contributed by atoms with Gasteiger partial charge in [0.25, 0.3) is 0 Å². The third-order valence-corrected chi connectivity index (χ3v) is 3.24. The summed E-state index contributed by atoms with van der Waals surface area (Å²) < 4.78 is 5.27. The number of piperidine rings is 1. The van der Waals surface area contributed by atoms with E-state index < -0.39 is 0 Å². The molecule has 0 N–H and O–H groups in total. The molecule has 2 nitrogen and oxygen atoms in total. The highest BCUT2D eigenvalue weighted by Gasteiger charge is 2.44. The van der Waals surface area contributed by atoms with Gasteiger partial charge in [-0.1, -0.05) is 6.42 Å². The molecular formula is C8H15NOS. The molecule has 2 rings (SSSR count). The summed E-state index contributed by atoms with van der Waals surface area (Å²) in [6, 6.07) is 0. The lowest BCUT2D eigenvalue weighted by atomic mass is 9.85. The van der Waals surface area contributed by atoms with Crippen LogP contribution in [0.3, 0.4) is 0 Å². The van der Waals surface area contributed by atoms with Crippen molar-refractivity contribution in [3.05, 3.63) is 0 Å². The van der Waals surface area contributed by atoms with E-state index in [2.05, 4.69) is 17.5 Å². The van der Waals surface area contributed by atoms with Crippen molar-refractivity contribution in [1.82, 2.24) is 4.90 Å². The molecule has 2 aliphatic rings. The maximum absolute atomic E-state index is 5.27. The Morgan fingerprint density at radius 2 is 2.18 bits per heavy atom. The number of thiol groups is 1. The maximum atomic E-state index is 5.27. The SMILES string of the molecule is SCN1CCCCC12COC2. The van der Waals surface area contributed by atoms with E-state index in [4.69, 9.17) is 4.74 Å². The maximum Gasteiger partial charge on any atom is 0.0685 e. The van der Waals surface area contributed by atoms with Gasteiger partial charge in [-0.2, -0.15) is 12.6 Å². The highest BCUT2D eigenvalue weighted by molar-refractivity contribution is 7.80. The first-order valence-corrected chi connectivity index (χ1v) is 4.94. The van der Waals surface area contributed by atoms with E-state index >= 15 is 0 Å². The van der Waals surface area contributed by atoms with E-state index in [1.165, 1.54) is 25.8 Å². The lowest BCUT2D eigenvalue weighted by Gasteiger charge is -2.52. The molecule has 0 unspecified atom stereocenters. The first kappa shape index (κ1) is 7.90. The molecule has 2 heterocycles. The van der Waals surface area contributed by atoms with Crippen LogP contribution in [0.4, 0.5) is 0 Å². The van der Waals surface area contributed by atoms with Crippen LogP contribution in [0, 0.1) is 0 Å². The van der Waals surface area contributed by atoms with Crippen LogP contribution in [0.2, 0.25) is 0 Å². The Kier molecular flexibility index (Phi) is 2.12.